The average Bonchev–Trinajstić information content (AvgIpc) is 3.44. The summed E-state index contributed by atoms with van der Waals surface area (Å²) in [5.74, 6) is 2.12. The van der Waals surface area contributed by atoms with Crippen molar-refractivity contribution in [2.45, 2.75) is 141 Å². The average molecular weight is 648 g/mol. The largest absolute Gasteiger partial charge is 0.489 e. The van der Waals surface area contributed by atoms with Crippen LogP contribution in [-0.4, -0.2) is 40.5 Å². The van der Waals surface area contributed by atoms with Gasteiger partial charge in [0.15, 0.2) is 16.6 Å². The normalized spacial score (nSPS) is 22.9. The van der Waals surface area contributed by atoms with Gasteiger partial charge in [0.05, 0.1) is 12.2 Å². The Labute approximate surface area is 275 Å². The maximum Gasteiger partial charge on any atom is 0.193 e. The van der Waals surface area contributed by atoms with E-state index in [9.17, 15) is 5.26 Å². The van der Waals surface area contributed by atoms with Crippen molar-refractivity contribution in [1.82, 2.24) is 0 Å². The molecule has 1 aliphatic carbocycles. The van der Waals surface area contributed by atoms with Crippen molar-refractivity contribution in [2.24, 2.45) is 5.92 Å². The molecule has 246 valence electrons. The molecule has 0 aromatic heterocycles. The molecule has 0 unspecified atom stereocenters. The fourth-order valence-corrected chi connectivity index (χ4v) is 8.72. The number of ether oxygens (including phenoxy) is 2. The van der Waals surface area contributed by atoms with Crippen LogP contribution in [0.3, 0.4) is 0 Å². The van der Waals surface area contributed by atoms with Crippen LogP contribution in [0.25, 0.3) is 0 Å². The van der Waals surface area contributed by atoms with Gasteiger partial charge in [-0.25, -0.2) is 0 Å². The highest BCUT2D eigenvalue weighted by molar-refractivity contribution is 6.74. The van der Waals surface area contributed by atoms with Gasteiger partial charge >= 0.3 is 0 Å². The summed E-state index contributed by atoms with van der Waals surface area (Å²) in [6.45, 7) is 27.4. The number of benzene rings is 2. The van der Waals surface area contributed by atoms with Gasteiger partial charge < -0.3 is 18.3 Å². The molecule has 4 rings (SSSR count). The predicted octanol–water partition coefficient (Wildman–Crippen LogP) is 10.2. The lowest BCUT2D eigenvalue weighted by atomic mass is 9.86. The predicted molar refractivity (Wildman–Crippen MR) is 190 cm³/mol. The molecule has 0 amide bonds. The minimum absolute atomic E-state index is 0.0414. The molecule has 2 aromatic rings. The fraction of sp³-hybridized carbons (Fsp3) is 0.605. The summed E-state index contributed by atoms with van der Waals surface area (Å²) in [6, 6.07) is 18.8. The van der Waals surface area contributed by atoms with Crippen LogP contribution in [0.1, 0.15) is 85.3 Å². The molecule has 1 aliphatic heterocycles. The van der Waals surface area contributed by atoms with Gasteiger partial charge in [0.2, 0.25) is 0 Å². The van der Waals surface area contributed by atoms with Crippen molar-refractivity contribution in [3.05, 3.63) is 71.8 Å². The zero-order valence-corrected chi connectivity index (χ0v) is 31.9. The van der Waals surface area contributed by atoms with Crippen molar-refractivity contribution < 1.29 is 18.3 Å². The molecule has 45 heavy (non-hydrogen) atoms. The smallest absolute Gasteiger partial charge is 0.193 e. The first kappa shape index (κ1) is 35.5. The van der Waals surface area contributed by atoms with Crippen LogP contribution < -0.4 is 9.47 Å². The van der Waals surface area contributed by atoms with Crippen LogP contribution in [0.2, 0.25) is 36.3 Å². The number of aryl methyl sites for hydroxylation is 1. The van der Waals surface area contributed by atoms with Gasteiger partial charge in [0.1, 0.15) is 29.3 Å². The van der Waals surface area contributed by atoms with E-state index in [1.54, 1.807) is 0 Å². The first-order valence-electron chi connectivity index (χ1n) is 16.7. The van der Waals surface area contributed by atoms with E-state index in [0.29, 0.717) is 12.8 Å². The minimum atomic E-state index is -2.16. The Morgan fingerprint density at radius 2 is 1.56 bits per heavy atom. The van der Waals surface area contributed by atoms with Gasteiger partial charge in [-0.2, -0.15) is 5.26 Å². The number of fused-ring (bicyclic) bond motifs is 3. The quantitative estimate of drug-likeness (QED) is 0.179. The highest BCUT2D eigenvalue weighted by Gasteiger charge is 2.53. The minimum Gasteiger partial charge on any atom is -0.489 e. The molecule has 2 aliphatic rings. The summed E-state index contributed by atoms with van der Waals surface area (Å²) in [4.78, 5) is 0. The third kappa shape index (κ3) is 7.78. The van der Waals surface area contributed by atoms with Gasteiger partial charge in [-0.1, -0.05) is 90.1 Å². The molecule has 1 fully saturated rings. The number of rotatable bonds is 11. The van der Waals surface area contributed by atoms with Crippen molar-refractivity contribution in [3.8, 4) is 17.6 Å². The Morgan fingerprint density at radius 3 is 2.16 bits per heavy atom. The highest BCUT2D eigenvalue weighted by atomic mass is 28.4. The molecular formula is C38H57NO4Si2. The molecule has 5 nitrogen and oxygen atoms in total. The number of nitrogens with zero attached hydrogens (tertiary/aromatic N) is 1. The number of para-hydroxylation sites is 2. The summed E-state index contributed by atoms with van der Waals surface area (Å²) in [6.07, 6.45) is 6.49. The summed E-state index contributed by atoms with van der Waals surface area (Å²) >= 11 is 0. The van der Waals surface area contributed by atoms with E-state index in [2.05, 4.69) is 118 Å². The van der Waals surface area contributed by atoms with Crippen LogP contribution in [0.4, 0.5) is 0 Å². The lowest BCUT2D eigenvalue weighted by Gasteiger charge is -2.43. The van der Waals surface area contributed by atoms with E-state index in [1.807, 2.05) is 30.3 Å². The molecule has 2 aromatic carbocycles. The van der Waals surface area contributed by atoms with Crippen LogP contribution >= 0.6 is 0 Å². The standard InChI is InChI=1S/C38H57NO4Si2/c1-36(2,3)44(9,10)42-31-26-32-34(30-22-16-18-27(19-17-25-39)35(30)40-32)29(31)23-24-33(43-45(11,12)37(4,5)6)38(7,8)41-28-20-14-13-15-21-28/h13-16,18,20-24,29,31-34H,17,19,26H2,1-12H3/b24-23+/t29-,31+,32-,33-,34-/m0/s1. The maximum absolute atomic E-state index is 9.27. The third-order valence-electron chi connectivity index (χ3n) is 10.8. The van der Waals surface area contributed by atoms with E-state index >= 15 is 0 Å². The fourth-order valence-electron chi connectivity index (χ4n) is 6.00. The summed E-state index contributed by atoms with van der Waals surface area (Å²) in [7, 11) is -4.22. The first-order chi connectivity index (χ1) is 20.8. The monoisotopic (exact) mass is 647 g/mol. The van der Waals surface area contributed by atoms with Crippen LogP contribution in [0, 0.1) is 17.2 Å². The second kappa shape index (κ2) is 13.0. The van der Waals surface area contributed by atoms with E-state index in [1.165, 1.54) is 5.56 Å². The van der Waals surface area contributed by atoms with Gasteiger partial charge in [-0.05, 0) is 74.2 Å². The van der Waals surface area contributed by atoms with Crippen LogP contribution in [-0.2, 0) is 15.3 Å². The van der Waals surface area contributed by atoms with Crippen molar-refractivity contribution in [2.75, 3.05) is 0 Å². The summed E-state index contributed by atoms with van der Waals surface area (Å²) < 4.78 is 27.8. The van der Waals surface area contributed by atoms with Gasteiger partial charge in [-0.15, -0.1) is 0 Å². The lowest BCUT2D eigenvalue weighted by molar-refractivity contribution is 0.00445. The van der Waals surface area contributed by atoms with Crippen LogP contribution in [0.5, 0.6) is 11.5 Å². The Hall–Kier alpha value is -2.38. The van der Waals surface area contributed by atoms with E-state index in [4.69, 9.17) is 18.3 Å². The van der Waals surface area contributed by atoms with E-state index in [-0.39, 0.29) is 40.2 Å². The molecule has 0 saturated heterocycles. The number of nitriles is 1. The third-order valence-corrected chi connectivity index (χ3v) is 19.7. The molecule has 0 spiro atoms. The molecule has 0 bridgehead atoms. The number of hydrogen-bond donors (Lipinski definition) is 0. The zero-order valence-electron chi connectivity index (χ0n) is 29.9. The molecule has 1 saturated carbocycles. The van der Waals surface area contributed by atoms with E-state index in [0.717, 1.165) is 23.5 Å². The summed E-state index contributed by atoms with van der Waals surface area (Å²) in [5, 5.41) is 9.41. The highest BCUT2D eigenvalue weighted by Crippen LogP contribution is 2.54. The van der Waals surface area contributed by atoms with Crippen molar-refractivity contribution in [1.29, 1.82) is 5.26 Å². The van der Waals surface area contributed by atoms with Gasteiger partial charge in [0, 0.05) is 30.2 Å². The topological polar surface area (TPSA) is 60.7 Å². The van der Waals surface area contributed by atoms with Crippen LogP contribution in [0.15, 0.2) is 60.7 Å². The zero-order chi connectivity index (χ0) is 33.4. The van der Waals surface area contributed by atoms with Crippen molar-refractivity contribution >= 4 is 16.6 Å². The Balaban J connectivity index is 1.76. The molecule has 0 radical (unpaired) electrons. The Morgan fingerprint density at radius 1 is 0.911 bits per heavy atom. The number of hydrogen-bond acceptors (Lipinski definition) is 5. The lowest BCUT2D eigenvalue weighted by Crippen LogP contribution is -2.51. The molecular weight excluding hydrogens is 591 g/mol. The first-order valence-corrected chi connectivity index (χ1v) is 22.5. The molecule has 0 N–H and O–H groups in total. The summed E-state index contributed by atoms with van der Waals surface area (Å²) in [5.41, 5.74) is 1.76. The van der Waals surface area contributed by atoms with E-state index < -0.39 is 22.2 Å². The second-order valence-corrected chi connectivity index (χ2v) is 26.1. The van der Waals surface area contributed by atoms with Gasteiger partial charge in [0.25, 0.3) is 0 Å². The SMILES string of the molecule is CC(C)(Oc1ccccc1)[C@H](/C=C/[C@@H]1[C@H]2c3cccc(CCC#N)c3O[C@H]2C[C@H]1O[Si](C)(C)C(C)(C)C)O[Si](C)(C)C(C)(C)C. The Bertz CT molecular complexity index is 1380. The Kier molecular flexibility index (Phi) is 10.3. The second-order valence-electron chi connectivity index (χ2n) is 16.6. The van der Waals surface area contributed by atoms with Crippen molar-refractivity contribution in [3.63, 3.8) is 0 Å². The molecule has 5 atom stereocenters. The van der Waals surface area contributed by atoms with Gasteiger partial charge in [-0.3, -0.25) is 0 Å². The molecule has 7 heteroatoms. The maximum atomic E-state index is 9.27. The molecule has 1 heterocycles.